The van der Waals surface area contributed by atoms with E-state index in [4.69, 9.17) is 4.52 Å². The SMILES string of the molecule is c1ccc2cc(-c3noc4ccccc34)ccc2c1. The van der Waals surface area contributed by atoms with Crippen LogP contribution < -0.4 is 0 Å². The summed E-state index contributed by atoms with van der Waals surface area (Å²) in [5, 5.41) is 7.70. The molecule has 1 aromatic heterocycles. The van der Waals surface area contributed by atoms with Gasteiger partial charge in [0.2, 0.25) is 0 Å². The van der Waals surface area contributed by atoms with Crippen LogP contribution >= 0.6 is 0 Å². The van der Waals surface area contributed by atoms with Crippen LogP contribution in [0, 0.1) is 0 Å². The average molecular weight is 245 g/mol. The molecule has 4 rings (SSSR count). The van der Waals surface area contributed by atoms with Crippen LogP contribution in [0.4, 0.5) is 0 Å². The summed E-state index contributed by atoms with van der Waals surface area (Å²) in [5.74, 6) is 0. The second kappa shape index (κ2) is 3.95. The summed E-state index contributed by atoms with van der Waals surface area (Å²) in [7, 11) is 0. The second-order valence-corrected chi connectivity index (χ2v) is 4.59. The number of rotatable bonds is 1. The topological polar surface area (TPSA) is 26.0 Å². The standard InChI is InChI=1S/C17H11NO/c1-2-6-13-11-14(10-9-12(13)5-1)17-15-7-3-4-8-16(15)19-18-17/h1-11H. The first-order valence-electron chi connectivity index (χ1n) is 6.25. The van der Waals surface area contributed by atoms with E-state index in [0.717, 1.165) is 22.2 Å². The molecule has 0 radical (unpaired) electrons. The fourth-order valence-electron chi connectivity index (χ4n) is 2.43. The zero-order valence-corrected chi connectivity index (χ0v) is 10.2. The summed E-state index contributed by atoms with van der Waals surface area (Å²) >= 11 is 0. The molecule has 1 heterocycles. The molecular formula is C17H11NO. The molecule has 0 bridgehead atoms. The Morgan fingerprint density at radius 1 is 0.737 bits per heavy atom. The minimum Gasteiger partial charge on any atom is -0.356 e. The molecule has 0 fully saturated rings. The molecule has 0 N–H and O–H groups in total. The summed E-state index contributed by atoms with van der Waals surface area (Å²) in [5.41, 5.74) is 2.82. The van der Waals surface area contributed by atoms with Crippen molar-refractivity contribution in [2.45, 2.75) is 0 Å². The summed E-state index contributed by atoms with van der Waals surface area (Å²) in [4.78, 5) is 0. The molecule has 0 spiro atoms. The number of aromatic nitrogens is 1. The Labute approximate surface area is 110 Å². The molecule has 2 heteroatoms. The van der Waals surface area contributed by atoms with Crippen molar-refractivity contribution in [2.24, 2.45) is 0 Å². The fourth-order valence-corrected chi connectivity index (χ4v) is 2.43. The van der Waals surface area contributed by atoms with Crippen molar-refractivity contribution < 1.29 is 4.52 Å². The van der Waals surface area contributed by atoms with Gasteiger partial charge in [-0.2, -0.15) is 0 Å². The van der Waals surface area contributed by atoms with Crippen LogP contribution in [0.5, 0.6) is 0 Å². The molecule has 0 aliphatic carbocycles. The van der Waals surface area contributed by atoms with Crippen molar-refractivity contribution in [2.75, 3.05) is 0 Å². The van der Waals surface area contributed by atoms with Crippen molar-refractivity contribution in [3.05, 3.63) is 66.7 Å². The third-order valence-corrected chi connectivity index (χ3v) is 3.40. The summed E-state index contributed by atoms with van der Waals surface area (Å²) in [6.07, 6.45) is 0. The van der Waals surface area contributed by atoms with Crippen LogP contribution in [0.25, 0.3) is 33.0 Å². The van der Waals surface area contributed by atoms with E-state index >= 15 is 0 Å². The van der Waals surface area contributed by atoms with Crippen molar-refractivity contribution in [3.63, 3.8) is 0 Å². The Kier molecular flexibility index (Phi) is 2.15. The Hall–Kier alpha value is -2.61. The highest BCUT2D eigenvalue weighted by molar-refractivity contribution is 5.95. The van der Waals surface area contributed by atoms with E-state index in [2.05, 4.69) is 35.5 Å². The maximum atomic E-state index is 5.37. The number of fused-ring (bicyclic) bond motifs is 2. The largest absolute Gasteiger partial charge is 0.356 e. The van der Waals surface area contributed by atoms with Crippen LogP contribution in [0.1, 0.15) is 0 Å². The highest BCUT2D eigenvalue weighted by atomic mass is 16.5. The zero-order chi connectivity index (χ0) is 12.7. The third-order valence-electron chi connectivity index (χ3n) is 3.40. The van der Waals surface area contributed by atoms with Crippen LogP contribution in [0.2, 0.25) is 0 Å². The number of nitrogens with zero attached hydrogens (tertiary/aromatic N) is 1. The quantitative estimate of drug-likeness (QED) is 0.488. The van der Waals surface area contributed by atoms with E-state index in [1.807, 2.05) is 36.4 Å². The molecule has 2 nitrogen and oxygen atoms in total. The molecule has 0 saturated heterocycles. The predicted octanol–water partition coefficient (Wildman–Crippen LogP) is 4.65. The van der Waals surface area contributed by atoms with Crippen LogP contribution in [0.3, 0.4) is 0 Å². The maximum Gasteiger partial charge on any atom is 0.167 e. The fraction of sp³-hybridized carbons (Fsp3) is 0. The van der Waals surface area contributed by atoms with Crippen molar-refractivity contribution in [1.29, 1.82) is 0 Å². The van der Waals surface area contributed by atoms with E-state index in [1.165, 1.54) is 10.8 Å². The Bertz CT molecular complexity index is 876. The monoisotopic (exact) mass is 245 g/mol. The van der Waals surface area contributed by atoms with Crippen molar-refractivity contribution >= 4 is 21.7 Å². The summed E-state index contributed by atoms with van der Waals surface area (Å²) in [6, 6.07) is 22.6. The van der Waals surface area contributed by atoms with Crippen LogP contribution in [-0.4, -0.2) is 5.16 Å². The normalized spacial score (nSPS) is 11.2. The number of para-hydroxylation sites is 1. The zero-order valence-electron chi connectivity index (χ0n) is 10.2. The second-order valence-electron chi connectivity index (χ2n) is 4.59. The van der Waals surface area contributed by atoms with Gasteiger partial charge >= 0.3 is 0 Å². The minimum atomic E-state index is 0.825. The van der Waals surface area contributed by atoms with Gasteiger partial charge in [0.25, 0.3) is 0 Å². The van der Waals surface area contributed by atoms with Gasteiger partial charge in [0, 0.05) is 10.9 Å². The molecule has 0 unspecified atom stereocenters. The molecule has 0 atom stereocenters. The molecular weight excluding hydrogens is 234 g/mol. The third kappa shape index (κ3) is 1.61. The van der Waals surface area contributed by atoms with E-state index in [1.54, 1.807) is 0 Å². The van der Waals surface area contributed by atoms with E-state index in [-0.39, 0.29) is 0 Å². The molecule has 0 saturated carbocycles. The van der Waals surface area contributed by atoms with Gasteiger partial charge in [-0.3, -0.25) is 0 Å². The molecule has 3 aromatic carbocycles. The number of hydrogen-bond donors (Lipinski definition) is 0. The van der Waals surface area contributed by atoms with Gasteiger partial charge in [0.1, 0.15) is 5.69 Å². The van der Waals surface area contributed by atoms with Gasteiger partial charge in [-0.1, -0.05) is 53.7 Å². The lowest BCUT2D eigenvalue weighted by molar-refractivity contribution is 0.459. The minimum absolute atomic E-state index is 0.825. The molecule has 0 aliphatic heterocycles. The molecule has 4 aromatic rings. The van der Waals surface area contributed by atoms with E-state index < -0.39 is 0 Å². The average Bonchev–Trinajstić information content (AvgIpc) is 2.91. The molecule has 0 amide bonds. The van der Waals surface area contributed by atoms with Gasteiger partial charge in [0.05, 0.1) is 0 Å². The maximum absolute atomic E-state index is 5.37. The first-order valence-corrected chi connectivity index (χ1v) is 6.25. The number of hydrogen-bond acceptors (Lipinski definition) is 2. The lowest BCUT2D eigenvalue weighted by atomic mass is 10.0. The lowest BCUT2D eigenvalue weighted by Gasteiger charge is -2.00. The summed E-state index contributed by atoms with van der Waals surface area (Å²) < 4.78 is 5.37. The molecule has 19 heavy (non-hydrogen) atoms. The highest BCUT2D eigenvalue weighted by Gasteiger charge is 2.09. The van der Waals surface area contributed by atoms with E-state index in [0.29, 0.717) is 0 Å². The number of benzene rings is 3. The lowest BCUT2D eigenvalue weighted by Crippen LogP contribution is -1.79. The van der Waals surface area contributed by atoms with Gasteiger partial charge in [0.15, 0.2) is 5.58 Å². The smallest absolute Gasteiger partial charge is 0.167 e. The van der Waals surface area contributed by atoms with Gasteiger partial charge in [-0.05, 0) is 29.0 Å². The summed E-state index contributed by atoms with van der Waals surface area (Å²) in [6.45, 7) is 0. The molecule has 0 aliphatic rings. The van der Waals surface area contributed by atoms with Gasteiger partial charge in [-0.15, -0.1) is 0 Å². The Morgan fingerprint density at radius 2 is 1.53 bits per heavy atom. The van der Waals surface area contributed by atoms with Crippen molar-refractivity contribution in [1.82, 2.24) is 5.16 Å². The van der Waals surface area contributed by atoms with E-state index in [9.17, 15) is 0 Å². The first kappa shape index (κ1) is 10.3. The molecule has 90 valence electrons. The van der Waals surface area contributed by atoms with Crippen LogP contribution in [-0.2, 0) is 0 Å². The van der Waals surface area contributed by atoms with Gasteiger partial charge < -0.3 is 4.52 Å². The Morgan fingerprint density at radius 3 is 2.47 bits per heavy atom. The van der Waals surface area contributed by atoms with Gasteiger partial charge in [-0.25, -0.2) is 0 Å². The first-order chi connectivity index (χ1) is 9.42. The van der Waals surface area contributed by atoms with Crippen LogP contribution in [0.15, 0.2) is 71.3 Å². The predicted molar refractivity (Wildman–Crippen MR) is 77.0 cm³/mol. The Balaban J connectivity index is 1.99. The van der Waals surface area contributed by atoms with Crippen molar-refractivity contribution in [3.8, 4) is 11.3 Å². The highest BCUT2D eigenvalue weighted by Crippen LogP contribution is 2.29.